The highest BCUT2D eigenvalue weighted by atomic mass is 16.6. The first kappa shape index (κ1) is 12.0. The molecule has 1 aromatic carbocycles. The first-order chi connectivity index (χ1) is 9.12. The van der Waals surface area contributed by atoms with Gasteiger partial charge in [0.1, 0.15) is 6.61 Å². The smallest absolute Gasteiger partial charge is 0.410 e. The number of aliphatic carboxylic acids is 1. The van der Waals surface area contributed by atoms with Gasteiger partial charge in [-0.25, -0.2) is 4.79 Å². The summed E-state index contributed by atoms with van der Waals surface area (Å²) in [4.78, 5) is 24.5. The minimum atomic E-state index is -0.796. The largest absolute Gasteiger partial charge is 0.481 e. The molecule has 5 heteroatoms. The van der Waals surface area contributed by atoms with Crippen LogP contribution in [-0.4, -0.2) is 35.2 Å². The maximum atomic E-state index is 11.9. The zero-order valence-electron chi connectivity index (χ0n) is 10.4. The van der Waals surface area contributed by atoms with Crippen LogP contribution in [0.25, 0.3) is 0 Å². The summed E-state index contributed by atoms with van der Waals surface area (Å²) >= 11 is 0. The summed E-state index contributed by atoms with van der Waals surface area (Å²) in [5.74, 6) is -0.690. The lowest BCUT2D eigenvalue weighted by atomic mass is 10.1. The zero-order valence-corrected chi connectivity index (χ0v) is 10.4. The molecule has 2 atom stereocenters. The summed E-state index contributed by atoms with van der Waals surface area (Å²) < 4.78 is 5.20. The van der Waals surface area contributed by atoms with Crippen molar-refractivity contribution in [2.45, 2.75) is 13.0 Å². The Hall–Kier alpha value is -2.04. The predicted octanol–water partition coefficient (Wildman–Crippen LogP) is 1.73. The van der Waals surface area contributed by atoms with Gasteiger partial charge in [0.25, 0.3) is 0 Å². The van der Waals surface area contributed by atoms with Gasteiger partial charge in [0.05, 0.1) is 5.41 Å². The second kappa shape index (κ2) is 4.26. The number of fused-ring (bicyclic) bond motifs is 1. The van der Waals surface area contributed by atoms with Crippen molar-refractivity contribution in [3.8, 4) is 0 Å². The molecule has 0 unspecified atom stereocenters. The van der Waals surface area contributed by atoms with E-state index in [2.05, 4.69) is 0 Å². The van der Waals surface area contributed by atoms with Gasteiger partial charge in [0.15, 0.2) is 0 Å². The highest BCUT2D eigenvalue weighted by Crippen LogP contribution is 2.57. The van der Waals surface area contributed by atoms with Crippen molar-refractivity contribution in [2.75, 3.05) is 13.1 Å². The second-order valence-electron chi connectivity index (χ2n) is 5.28. The summed E-state index contributed by atoms with van der Waals surface area (Å²) in [5.41, 5.74) is 0.235. The van der Waals surface area contributed by atoms with Gasteiger partial charge < -0.3 is 14.7 Å². The van der Waals surface area contributed by atoms with E-state index in [4.69, 9.17) is 9.84 Å². The van der Waals surface area contributed by atoms with Crippen LogP contribution in [-0.2, 0) is 16.1 Å². The Labute approximate surface area is 110 Å². The molecule has 1 amide bonds. The Balaban J connectivity index is 1.54. The van der Waals surface area contributed by atoms with E-state index < -0.39 is 17.5 Å². The summed E-state index contributed by atoms with van der Waals surface area (Å²) in [7, 11) is 0. The number of benzene rings is 1. The molecule has 0 spiro atoms. The van der Waals surface area contributed by atoms with Crippen LogP contribution in [0.4, 0.5) is 4.79 Å². The number of carbonyl (C=O) groups excluding carboxylic acids is 1. The number of likely N-dealkylation sites (tertiary alicyclic amines) is 1. The van der Waals surface area contributed by atoms with Gasteiger partial charge in [0.2, 0.25) is 0 Å². The lowest BCUT2D eigenvalue weighted by Gasteiger charge is -2.19. The first-order valence-electron chi connectivity index (χ1n) is 6.31. The lowest BCUT2D eigenvalue weighted by molar-refractivity contribution is -0.143. The van der Waals surface area contributed by atoms with Crippen LogP contribution in [0.5, 0.6) is 0 Å². The fraction of sp³-hybridized carbons (Fsp3) is 0.429. The maximum Gasteiger partial charge on any atom is 0.410 e. The molecule has 2 aliphatic rings. The Morgan fingerprint density at radius 3 is 2.74 bits per heavy atom. The van der Waals surface area contributed by atoms with Crippen LogP contribution in [0.3, 0.4) is 0 Å². The third-order valence-electron chi connectivity index (χ3n) is 4.04. The molecule has 1 heterocycles. The number of carboxylic acid groups (broad SMARTS) is 1. The van der Waals surface area contributed by atoms with Crippen molar-refractivity contribution in [1.29, 1.82) is 0 Å². The Morgan fingerprint density at radius 2 is 2.11 bits per heavy atom. The summed E-state index contributed by atoms with van der Waals surface area (Å²) in [6, 6.07) is 9.43. The van der Waals surface area contributed by atoms with E-state index in [1.165, 1.54) is 4.90 Å². The van der Waals surface area contributed by atoms with E-state index in [1.54, 1.807) is 0 Å². The molecular weight excluding hydrogens is 246 g/mol. The fourth-order valence-electron chi connectivity index (χ4n) is 2.76. The number of rotatable bonds is 3. The molecule has 0 bridgehead atoms. The van der Waals surface area contributed by atoms with Gasteiger partial charge in [-0.3, -0.25) is 4.79 Å². The molecule has 1 saturated heterocycles. The van der Waals surface area contributed by atoms with Crippen molar-refractivity contribution >= 4 is 12.1 Å². The minimum Gasteiger partial charge on any atom is -0.481 e. The molecule has 100 valence electrons. The van der Waals surface area contributed by atoms with Crippen LogP contribution in [0.15, 0.2) is 30.3 Å². The van der Waals surface area contributed by atoms with Crippen molar-refractivity contribution in [2.24, 2.45) is 11.3 Å². The Bertz CT molecular complexity index is 515. The average Bonchev–Trinajstić information content (AvgIpc) is 3.00. The third kappa shape index (κ3) is 2.05. The number of hydrogen-bond donors (Lipinski definition) is 1. The second-order valence-corrected chi connectivity index (χ2v) is 5.28. The highest BCUT2D eigenvalue weighted by Gasteiger charge is 2.66. The summed E-state index contributed by atoms with van der Waals surface area (Å²) in [6.07, 6.45) is 0.266. The monoisotopic (exact) mass is 261 g/mol. The number of amides is 1. The van der Waals surface area contributed by atoms with Crippen molar-refractivity contribution in [3.05, 3.63) is 35.9 Å². The number of ether oxygens (including phenoxy) is 1. The molecule has 19 heavy (non-hydrogen) atoms. The molecule has 1 aliphatic heterocycles. The molecule has 3 rings (SSSR count). The van der Waals surface area contributed by atoms with Gasteiger partial charge in [-0.2, -0.15) is 0 Å². The van der Waals surface area contributed by atoms with Crippen molar-refractivity contribution in [1.82, 2.24) is 4.90 Å². The third-order valence-corrected chi connectivity index (χ3v) is 4.04. The van der Waals surface area contributed by atoms with Crippen LogP contribution in [0, 0.1) is 11.3 Å². The first-order valence-corrected chi connectivity index (χ1v) is 6.31. The standard InChI is InChI=1S/C14H15NO4/c16-12(17)14-6-11(14)7-15(9-14)13(18)19-8-10-4-2-1-3-5-10/h1-5,11H,6-9H2,(H,16,17)/t11-,14+/m1/s1. The SMILES string of the molecule is O=C(OCc1ccccc1)N1C[C@H]2C[C@]2(C(=O)O)C1. The predicted molar refractivity (Wildman–Crippen MR) is 66.4 cm³/mol. The normalized spacial score (nSPS) is 27.8. The zero-order chi connectivity index (χ0) is 13.5. The summed E-state index contributed by atoms with van der Waals surface area (Å²) in [5, 5.41) is 9.14. The van der Waals surface area contributed by atoms with E-state index >= 15 is 0 Å². The number of carbonyl (C=O) groups is 2. The number of nitrogens with zero attached hydrogens (tertiary/aromatic N) is 1. The summed E-state index contributed by atoms with van der Waals surface area (Å²) in [6.45, 7) is 1.00. The van der Waals surface area contributed by atoms with E-state index in [9.17, 15) is 9.59 Å². The van der Waals surface area contributed by atoms with Crippen LogP contribution in [0.2, 0.25) is 0 Å². The molecule has 2 fully saturated rings. The number of hydrogen-bond acceptors (Lipinski definition) is 3. The molecule has 1 aliphatic carbocycles. The van der Waals surface area contributed by atoms with E-state index in [1.807, 2.05) is 30.3 Å². The van der Waals surface area contributed by atoms with Crippen molar-refractivity contribution < 1.29 is 19.4 Å². The van der Waals surface area contributed by atoms with E-state index in [0.29, 0.717) is 13.0 Å². The quantitative estimate of drug-likeness (QED) is 0.899. The molecule has 1 saturated carbocycles. The van der Waals surface area contributed by atoms with Gasteiger partial charge in [-0.1, -0.05) is 30.3 Å². The van der Waals surface area contributed by atoms with Crippen LogP contribution < -0.4 is 0 Å². The maximum absolute atomic E-state index is 11.9. The number of carboxylic acids is 1. The fourth-order valence-corrected chi connectivity index (χ4v) is 2.76. The number of piperidine rings is 1. The Kier molecular flexibility index (Phi) is 2.69. The van der Waals surface area contributed by atoms with Crippen molar-refractivity contribution in [3.63, 3.8) is 0 Å². The van der Waals surface area contributed by atoms with E-state index in [0.717, 1.165) is 5.56 Å². The topological polar surface area (TPSA) is 66.8 Å². The average molecular weight is 261 g/mol. The lowest BCUT2D eigenvalue weighted by Crippen LogP contribution is -2.34. The van der Waals surface area contributed by atoms with Gasteiger partial charge in [0, 0.05) is 13.1 Å². The van der Waals surface area contributed by atoms with Gasteiger partial charge in [-0.05, 0) is 17.9 Å². The Morgan fingerprint density at radius 1 is 1.37 bits per heavy atom. The molecule has 0 radical (unpaired) electrons. The van der Waals surface area contributed by atoms with Crippen LogP contribution >= 0.6 is 0 Å². The van der Waals surface area contributed by atoms with Crippen LogP contribution in [0.1, 0.15) is 12.0 Å². The van der Waals surface area contributed by atoms with Gasteiger partial charge in [-0.15, -0.1) is 0 Å². The van der Waals surface area contributed by atoms with Gasteiger partial charge >= 0.3 is 12.1 Å². The molecule has 0 aromatic heterocycles. The highest BCUT2D eigenvalue weighted by molar-refractivity contribution is 5.81. The molecule has 1 aromatic rings. The molecule has 5 nitrogen and oxygen atoms in total. The molecular formula is C14H15NO4. The van der Waals surface area contributed by atoms with E-state index in [-0.39, 0.29) is 19.1 Å². The molecule has 1 N–H and O–H groups in total. The minimum absolute atomic E-state index is 0.106.